The highest BCUT2D eigenvalue weighted by molar-refractivity contribution is 5.77. The van der Waals surface area contributed by atoms with Crippen LogP contribution in [-0.4, -0.2) is 43.2 Å². The molecule has 4 nitrogen and oxygen atoms in total. The fraction of sp³-hybridized carbons (Fsp3) is 0.909. The smallest absolute Gasteiger partial charge is 0.222 e. The Morgan fingerprint density at radius 3 is 2.73 bits per heavy atom. The number of likely N-dealkylation sites (tertiary alicyclic amines) is 1. The SMILES string of the molecule is COCCCC(=O)N1CC(N)(C2CC2)C1. The highest BCUT2D eigenvalue weighted by Crippen LogP contribution is 2.43. The summed E-state index contributed by atoms with van der Waals surface area (Å²) in [6.45, 7) is 2.20. The second-order valence-electron chi connectivity index (χ2n) is 4.85. The van der Waals surface area contributed by atoms with Crippen molar-refractivity contribution in [2.24, 2.45) is 11.7 Å². The Morgan fingerprint density at radius 2 is 2.20 bits per heavy atom. The van der Waals surface area contributed by atoms with Crippen molar-refractivity contribution in [3.63, 3.8) is 0 Å². The number of nitrogens with two attached hydrogens (primary N) is 1. The first-order chi connectivity index (χ1) is 7.15. The predicted molar refractivity (Wildman–Crippen MR) is 57.3 cm³/mol. The molecule has 0 aromatic carbocycles. The average Bonchev–Trinajstić information content (AvgIpc) is 2.96. The van der Waals surface area contributed by atoms with E-state index in [4.69, 9.17) is 10.5 Å². The van der Waals surface area contributed by atoms with Gasteiger partial charge in [-0.05, 0) is 25.2 Å². The van der Waals surface area contributed by atoms with E-state index in [2.05, 4.69) is 0 Å². The van der Waals surface area contributed by atoms with E-state index in [-0.39, 0.29) is 11.4 Å². The van der Waals surface area contributed by atoms with Gasteiger partial charge in [0.05, 0.1) is 5.54 Å². The van der Waals surface area contributed by atoms with Gasteiger partial charge >= 0.3 is 0 Å². The first-order valence-corrected chi connectivity index (χ1v) is 5.71. The standard InChI is InChI=1S/C11H20N2O2/c1-15-6-2-3-10(14)13-7-11(12,8-13)9-4-5-9/h9H,2-8,12H2,1H3. The highest BCUT2D eigenvalue weighted by Gasteiger charge is 2.51. The van der Waals surface area contributed by atoms with Gasteiger partial charge in [0.25, 0.3) is 0 Å². The second kappa shape index (κ2) is 4.10. The summed E-state index contributed by atoms with van der Waals surface area (Å²) in [4.78, 5) is 13.5. The van der Waals surface area contributed by atoms with Gasteiger partial charge in [0.15, 0.2) is 0 Å². The van der Waals surface area contributed by atoms with Gasteiger partial charge in [-0.3, -0.25) is 4.79 Å². The molecule has 4 heteroatoms. The third-order valence-electron chi connectivity index (χ3n) is 3.45. The minimum absolute atomic E-state index is 0.0447. The van der Waals surface area contributed by atoms with Gasteiger partial charge in [-0.25, -0.2) is 0 Å². The lowest BCUT2D eigenvalue weighted by molar-refractivity contribution is -0.139. The van der Waals surface area contributed by atoms with Gasteiger partial charge in [0.2, 0.25) is 5.91 Å². The summed E-state index contributed by atoms with van der Waals surface area (Å²) in [5.74, 6) is 0.911. The topological polar surface area (TPSA) is 55.6 Å². The maximum absolute atomic E-state index is 11.6. The maximum atomic E-state index is 11.6. The van der Waals surface area contributed by atoms with Crippen LogP contribution in [0.3, 0.4) is 0 Å². The number of hydrogen-bond acceptors (Lipinski definition) is 3. The Morgan fingerprint density at radius 1 is 1.53 bits per heavy atom. The monoisotopic (exact) mass is 212 g/mol. The lowest BCUT2D eigenvalue weighted by atomic mass is 9.85. The Bertz CT molecular complexity index is 245. The number of methoxy groups -OCH3 is 1. The van der Waals surface area contributed by atoms with Gasteiger partial charge in [-0.1, -0.05) is 0 Å². The van der Waals surface area contributed by atoms with Crippen molar-refractivity contribution < 1.29 is 9.53 Å². The Hall–Kier alpha value is -0.610. The number of nitrogens with zero attached hydrogens (tertiary/aromatic N) is 1. The fourth-order valence-corrected chi connectivity index (χ4v) is 2.28. The van der Waals surface area contributed by atoms with Crippen LogP contribution in [0.2, 0.25) is 0 Å². The number of amides is 1. The lowest BCUT2D eigenvalue weighted by Gasteiger charge is -2.48. The molecule has 2 aliphatic rings. The van der Waals surface area contributed by atoms with Crippen molar-refractivity contribution in [3.8, 4) is 0 Å². The van der Waals surface area contributed by atoms with E-state index in [1.807, 2.05) is 4.90 Å². The number of hydrogen-bond donors (Lipinski definition) is 1. The van der Waals surface area contributed by atoms with E-state index in [1.165, 1.54) is 12.8 Å². The molecule has 1 amide bonds. The molecule has 2 rings (SSSR count). The Balaban J connectivity index is 1.67. The minimum atomic E-state index is -0.0447. The number of ether oxygens (including phenoxy) is 1. The molecule has 0 unspecified atom stereocenters. The molecular weight excluding hydrogens is 192 g/mol. The van der Waals surface area contributed by atoms with Crippen molar-refractivity contribution in [1.29, 1.82) is 0 Å². The number of carbonyl (C=O) groups excluding carboxylic acids is 1. The Labute approximate surface area is 90.8 Å². The third-order valence-corrected chi connectivity index (χ3v) is 3.45. The third kappa shape index (κ3) is 2.32. The number of rotatable bonds is 5. The van der Waals surface area contributed by atoms with E-state index >= 15 is 0 Å². The van der Waals surface area contributed by atoms with Gasteiger partial charge in [0.1, 0.15) is 0 Å². The molecule has 0 radical (unpaired) electrons. The molecule has 1 aliphatic carbocycles. The van der Waals surface area contributed by atoms with Crippen LogP contribution in [0.5, 0.6) is 0 Å². The van der Waals surface area contributed by atoms with Crippen molar-refractivity contribution in [1.82, 2.24) is 4.90 Å². The van der Waals surface area contributed by atoms with Crippen LogP contribution >= 0.6 is 0 Å². The van der Waals surface area contributed by atoms with Crippen LogP contribution in [0.25, 0.3) is 0 Å². The summed E-state index contributed by atoms with van der Waals surface area (Å²) in [6, 6.07) is 0. The largest absolute Gasteiger partial charge is 0.385 e. The number of carbonyl (C=O) groups is 1. The van der Waals surface area contributed by atoms with Gasteiger partial charge in [0, 0.05) is 33.2 Å². The minimum Gasteiger partial charge on any atom is -0.385 e. The normalized spacial score (nSPS) is 23.7. The van der Waals surface area contributed by atoms with Gasteiger partial charge in [-0.2, -0.15) is 0 Å². The van der Waals surface area contributed by atoms with Crippen molar-refractivity contribution >= 4 is 5.91 Å². The summed E-state index contributed by atoms with van der Waals surface area (Å²) in [5, 5.41) is 0. The molecule has 1 saturated carbocycles. The summed E-state index contributed by atoms with van der Waals surface area (Å²) in [5.41, 5.74) is 6.13. The van der Waals surface area contributed by atoms with Crippen molar-refractivity contribution in [3.05, 3.63) is 0 Å². The van der Waals surface area contributed by atoms with Gasteiger partial charge in [-0.15, -0.1) is 0 Å². The zero-order valence-electron chi connectivity index (χ0n) is 9.37. The summed E-state index contributed by atoms with van der Waals surface area (Å²) >= 11 is 0. The zero-order chi connectivity index (χ0) is 10.9. The van der Waals surface area contributed by atoms with E-state index in [9.17, 15) is 4.79 Å². The van der Waals surface area contributed by atoms with E-state index in [1.54, 1.807) is 7.11 Å². The van der Waals surface area contributed by atoms with Crippen molar-refractivity contribution in [2.75, 3.05) is 26.8 Å². The summed E-state index contributed by atoms with van der Waals surface area (Å²) < 4.78 is 4.92. The van der Waals surface area contributed by atoms with Crippen LogP contribution in [0, 0.1) is 5.92 Å². The van der Waals surface area contributed by atoms with Crippen LogP contribution in [-0.2, 0) is 9.53 Å². The summed E-state index contributed by atoms with van der Waals surface area (Å²) in [7, 11) is 1.66. The molecule has 0 aromatic rings. The van der Waals surface area contributed by atoms with Crippen LogP contribution in [0.15, 0.2) is 0 Å². The molecule has 2 N–H and O–H groups in total. The van der Waals surface area contributed by atoms with Crippen LogP contribution in [0.1, 0.15) is 25.7 Å². The highest BCUT2D eigenvalue weighted by atomic mass is 16.5. The van der Waals surface area contributed by atoms with E-state index in [0.717, 1.165) is 19.5 Å². The molecular formula is C11H20N2O2. The first kappa shape index (κ1) is 10.9. The molecule has 15 heavy (non-hydrogen) atoms. The van der Waals surface area contributed by atoms with E-state index < -0.39 is 0 Å². The van der Waals surface area contributed by atoms with Crippen LogP contribution in [0.4, 0.5) is 0 Å². The molecule has 0 atom stereocenters. The van der Waals surface area contributed by atoms with E-state index in [0.29, 0.717) is 18.9 Å². The van der Waals surface area contributed by atoms with Gasteiger partial charge < -0.3 is 15.4 Å². The molecule has 0 spiro atoms. The summed E-state index contributed by atoms with van der Waals surface area (Å²) in [6.07, 6.45) is 3.91. The van der Waals surface area contributed by atoms with Crippen LogP contribution < -0.4 is 5.73 Å². The molecule has 0 bridgehead atoms. The Kier molecular flexibility index (Phi) is 2.98. The second-order valence-corrected chi connectivity index (χ2v) is 4.85. The average molecular weight is 212 g/mol. The zero-order valence-corrected chi connectivity index (χ0v) is 9.37. The molecule has 1 saturated heterocycles. The molecule has 1 heterocycles. The predicted octanol–water partition coefficient (Wildman–Crippen LogP) is 0.363. The lowest BCUT2D eigenvalue weighted by Crippen LogP contribution is -2.69. The quantitative estimate of drug-likeness (QED) is 0.670. The molecule has 1 aliphatic heterocycles. The maximum Gasteiger partial charge on any atom is 0.222 e. The molecule has 2 fully saturated rings. The van der Waals surface area contributed by atoms with Crippen molar-refractivity contribution in [2.45, 2.75) is 31.2 Å². The first-order valence-electron chi connectivity index (χ1n) is 5.71. The molecule has 86 valence electrons. The molecule has 0 aromatic heterocycles. The fourth-order valence-electron chi connectivity index (χ4n) is 2.28.